The Morgan fingerprint density at radius 2 is 2.00 bits per heavy atom. The van der Waals surface area contributed by atoms with E-state index in [2.05, 4.69) is 5.32 Å². The van der Waals surface area contributed by atoms with Crippen molar-refractivity contribution >= 4 is 46.2 Å². The maximum absolute atomic E-state index is 12.8. The number of nitrogens with one attached hydrogen (secondary N) is 1. The summed E-state index contributed by atoms with van der Waals surface area (Å²) in [7, 11) is 3.02. The number of rotatable bonds is 7. The van der Waals surface area contributed by atoms with Gasteiger partial charge in [-0.25, -0.2) is 0 Å². The molecule has 2 aromatic rings. The van der Waals surface area contributed by atoms with Gasteiger partial charge < -0.3 is 24.3 Å². The van der Waals surface area contributed by atoms with E-state index in [0.29, 0.717) is 37.8 Å². The van der Waals surface area contributed by atoms with Crippen LogP contribution in [0.2, 0.25) is 0 Å². The molecule has 0 aromatic heterocycles. The Bertz CT molecular complexity index is 1120. The van der Waals surface area contributed by atoms with Crippen molar-refractivity contribution in [1.82, 2.24) is 10.2 Å². The lowest BCUT2D eigenvalue weighted by atomic mass is 10.1. The molecule has 0 radical (unpaired) electrons. The molecule has 0 bridgehead atoms. The fraction of sp³-hybridized carbons (Fsp3) is 0.227. The van der Waals surface area contributed by atoms with Gasteiger partial charge in [0.2, 0.25) is 6.79 Å². The van der Waals surface area contributed by atoms with Gasteiger partial charge in [0.15, 0.2) is 11.5 Å². The van der Waals surface area contributed by atoms with Crippen molar-refractivity contribution in [3.05, 3.63) is 52.4 Å². The van der Waals surface area contributed by atoms with Crippen molar-refractivity contribution in [1.29, 1.82) is 0 Å². The molecule has 0 aliphatic carbocycles. The van der Waals surface area contributed by atoms with Crippen molar-refractivity contribution in [3.8, 4) is 23.0 Å². The lowest BCUT2D eigenvalue weighted by Gasteiger charge is -2.15. The van der Waals surface area contributed by atoms with Gasteiger partial charge in [0.1, 0.15) is 15.8 Å². The van der Waals surface area contributed by atoms with Crippen LogP contribution in [0.4, 0.5) is 0 Å². The van der Waals surface area contributed by atoms with E-state index in [1.54, 1.807) is 30.3 Å². The maximum Gasteiger partial charge on any atom is 0.266 e. The Kier molecular flexibility index (Phi) is 6.52. The zero-order valence-electron chi connectivity index (χ0n) is 17.4. The predicted molar refractivity (Wildman–Crippen MR) is 124 cm³/mol. The second kappa shape index (κ2) is 9.49. The molecule has 0 unspecified atom stereocenters. The first-order valence-corrected chi connectivity index (χ1v) is 10.9. The number of nitrogens with zero attached hydrogens (tertiary/aromatic N) is 1. The molecule has 32 heavy (non-hydrogen) atoms. The van der Waals surface area contributed by atoms with Crippen molar-refractivity contribution in [3.63, 3.8) is 0 Å². The van der Waals surface area contributed by atoms with E-state index in [1.165, 1.54) is 30.9 Å². The zero-order chi connectivity index (χ0) is 22.7. The molecule has 1 saturated heterocycles. The number of hydrogen-bond donors (Lipinski definition) is 1. The van der Waals surface area contributed by atoms with E-state index in [4.69, 9.17) is 31.2 Å². The first kappa shape index (κ1) is 22.0. The van der Waals surface area contributed by atoms with Gasteiger partial charge in [-0.1, -0.05) is 30.0 Å². The summed E-state index contributed by atoms with van der Waals surface area (Å²) in [5, 5.41) is 2.80. The molecule has 1 fully saturated rings. The lowest BCUT2D eigenvalue weighted by Crippen LogP contribution is -2.37. The van der Waals surface area contributed by atoms with Gasteiger partial charge in [-0.3, -0.25) is 14.5 Å². The van der Waals surface area contributed by atoms with E-state index in [0.717, 1.165) is 5.56 Å². The molecule has 2 heterocycles. The van der Waals surface area contributed by atoms with Crippen molar-refractivity contribution < 1.29 is 28.5 Å². The standard InChI is InChI=1S/C22H20N2O6S2/c1-27-14-4-5-15(17(11-14)28-2)20(25)23-7-8-24-21(26)19(32-22(24)31)10-13-3-6-16-18(9-13)30-12-29-16/h3-6,9-11H,7-8,12H2,1-2H3,(H,23,25). The highest BCUT2D eigenvalue weighted by molar-refractivity contribution is 8.26. The Hall–Kier alpha value is -3.24. The summed E-state index contributed by atoms with van der Waals surface area (Å²) < 4.78 is 21.5. The highest BCUT2D eigenvalue weighted by Gasteiger charge is 2.32. The molecular formula is C22H20N2O6S2. The molecule has 0 spiro atoms. The lowest BCUT2D eigenvalue weighted by molar-refractivity contribution is -0.122. The zero-order valence-corrected chi connectivity index (χ0v) is 19.0. The molecule has 0 atom stereocenters. The first-order valence-electron chi connectivity index (χ1n) is 9.65. The third-order valence-electron chi connectivity index (χ3n) is 4.84. The molecule has 10 heteroatoms. The minimum atomic E-state index is -0.314. The third kappa shape index (κ3) is 4.51. The highest BCUT2D eigenvalue weighted by Crippen LogP contribution is 2.36. The molecule has 1 N–H and O–H groups in total. The van der Waals surface area contributed by atoms with Crippen LogP contribution in [0.1, 0.15) is 15.9 Å². The van der Waals surface area contributed by atoms with Crippen LogP contribution in [0.25, 0.3) is 6.08 Å². The average molecular weight is 473 g/mol. The monoisotopic (exact) mass is 472 g/mol. The molecule has 2 aliphatic rings. The van der Waals surface area contributed by atoms with Crippen LogP contribution >= 0.6 is 24.0 Å². The van der Waals surface area contributed by atoms with Crippen LogP contribution in [0.5, 0.6) is 23.0 Å². The van der Waals surface area contributed by atoms with E-state index >= 15 is 0 Å². The van der Waals surface area contributed by atoms with Crippen LogP contribution in [-0.4, -0.2) is 55.1 Å². The summed E-state index contributed by atoms with van der Waals surface area (Å²) in [6.45, 7) is 0.681. The molecule has 2 aromatic carbocycles. The molecule has 2 amide bonds. The predicted octanol–water partition coefficient (Wildman–Crippen LogP) is 3.06. The van der Waals surface area contributed by atoms with Gasteiger partial charge in [0.25, 0.3) is 11.8 Å². The Labute approximate surface area is 194 Å². The number of methoxy groups -OCH3 is 2. The van der Waals surface area contributed by atoms with E-state index < -0.39 is 0 Å². The number of fused-ring (bicyclic) bond motifs is 1. The fourth-order valence-corrected chi connectivity index (χ4v) is 4.52. The Morgan fingerprint density at radius 3 is 2.78 bits per heavy atom. The van der Waals surface area contributed by atoms with Crippen LogP contribution in [-0.2, 0) is 4.79 Å². The number of ether oxygens (including phenoxy) is 4. The quantitative estimate of drug-likeness (QED) is 0.486. The summed E-state index contributed by atoms with van der Waals surface area (Å²) in [6, 6.07) is 10.4. The van der Waals surface area contributed by atoms with E-state index in [-0.39, 0.29) is 31.7 Å². The van der Waals surface area contributed by atoms with Crippen LogP contribution in [0, 0.1) is 0 Å². The van der Waals surface area contributed by atoms with Gasteiger partial charge in [-0.2, -0.15) is 0 Å². The summed E-state index contributed by atoms with van der Waals surface area (Å²) in [5.74, 6) is 1.80. The second-order valence-corrected chi connectivity index (χ2v) is 8.44. The second-order valence-electron chi connectivity index (χ2n) is 6.77. The number of carbonyl (C=O) groups excluding carboxylic acids is 2. The van der Waals surface area contributed by atoms with Crippen molar-refractivity contribution in [2.45, 2.75) is 0 Å². The maximum atomic E-state index is 12.8. The number of thioether (sulfide) groups is 1. The molecule has 4 rings (SSSR count). The van der Waals surface area contributed by atoms with Gasteiger partial charge in [0.05, 0.1) is 24.7 Å². The summed E-state index contributed by atoms with van der Waals surface area (Å²) in [6.07, 6.45) is 1.77. The normalized spacial score (nSPS) is 15.9. The summed E-state index contributed by atoms with van der Waals surface area (Å²) in [5.41, 5.74) is 1.19. The number of carbonyl (C=O) groups is 2. The SMILES string of the molecule is COc1ccc(C(=O)NCCN2C(=O)C(=Cc3ccc4c(c3)OCO4)SC2=S)c(OC)c1. The van der Waals surface area contributed by atoms with E-state index in [9.17, 15) is 9.59 Å². The number of amides is 2. The number of benzene rings is 2. The van der Waals surface area contributed by atoms with Crippen LogP contribution in [0.3, 0.4) is 0 Å². The molecule has 8 nitrogen and oxygen atoms in total. The van der Waals surface area contributed by atoms with Gasteiger partial charge >= 0.3 is 0 Å². The van der Waals surface area contributed by atoms with Crippen molar-refractivity contribution in [2.75, 3.05) is 34.1 Å². The highest BCUT2D eigenvalue weighted by atomic mass is 32.2. The number of thiocarbonyl (C=S) groups is 1. The Morgan fingerprint density at radius 1 is 1.19 bits per heavy atom. The minimum absolute atomic E-state index is 0.190. The fourth-order valence-electron chi connectivity index (χ4n) is 3.21. The largest absolute Gasteiger partial charge is 0.497 e. The molecule has 2 aliphatic heterocycles. The van der Waals surface area contributed by atoms with Crippen molar-refractivity contribution in [2.24, 2.45) is 0 Å². The number of hydrogen-bond acceptors (Lipinski definition) is 8. The smallest absolute Gasteiger partial charge is 0.266 e. The topological polar surface area (TPSA) is 86.3 Å². The van der Waals surface area contributed by atoms with E-state index in [1.807, 2.05) is 12.1 Å². The average Bonchev–Trinajstić information content (AvgIpc) is 3.37. The summed E-state index contributed by atoms with van der Waals surface area (Å²) in [4.78, 5) is 27.4. The van der Waals surface area contributed by atoms with Crippen LogP contribution in [0.15, 0.2) is 41.3 Å². The Balaban J connectivity index is 1.37. The first-order chi connectivity index (χ1) is 15.5. The van der Waals surface area contributed by atoms with Gasteiger partial charge in [-0.15, -0.1) is 0 Å². The summed E-state index contributed by atoms with van der Waals surface area (Å²) >= 11 is 6.59. The molecule has 166 valence electrons. The van der Waals surface area contributed by atoms with Gasteiger partial charge in [-0.05, 0) is 35.9 Å². The molecule has 0 saturated carbocycles. The molecular weight excluding hydrogens is 452 g/mol. The third-order valence-corrected chi connectivity index (χ3v) is 6.22. The minimum Gasteiger partial charge on any atom is -0.497 e. The van der Waals surface area contributed by atoms with Crippen LogP contribution < -0.4 is 24.3 Å². The van der Waals surface area contributed by atoms with Gasteiger partial charge in [0, 0.05) is 19.2 Å².